The first-order valence-electron chi connectivity index (χ1n) is 5.89. The molecule has 0 unspecified atom stereocenters. The average molecular weight is 320 g/mol. The Labute approximate surface area is 120 Å². The van der Waals surface area contributed by atoms with Gasteiger partial charge in [0.25, 0.3) is 0 Å². The van der Waals surface area contributed by atoms with Crippen LogP contribution in [0.5, 0.6) is 0 Å². The smallest absolute Gasteiger partial charge is 0.335 e. The largest absolute Gasteiger partial charge is 0.478 e. The lowest BCUT2D eigenvalue weighted by Gasteiger charge is -2.11. The van der Waals surface area contributed by atoms with Crippen molar-refractivity contribution in [2.75, 3.05) is 5.32 Å². The molecule has 0 atom stereocenters. The van der Waals surface area contributed by atoms with Gasteiger partial charge in [-0.05, 0) is 42.3 Å². The van der Waals surface area contributed by atoms with Gasteiger partial charge in [-0.1, -0.05) is 34.1 Å². The van der Waals surface area contributed by atoms with Gasteiger partial charge < -0.3 is 10.4 Å². The predicted octanol–water partition coefficient (Wildman–Crippen LogP) is 4.07. The van der Waals surface area contributed by atoms with Gasteiger partial charge in [-0.15, -0.1) is 0 Å². The van der Waals surface area contributed by atoms with Crippen LogP contribution in [0.2, 0.25) is 0 Å². The van der Waals surface area contributed by atoms with E-state index in [1.54, 1.807) is 18.2 Å². The second-order valence-electron chi connectivity index (χ2n) is 4.27. The van der Waals surface area contributed by atoms with Gasteiger partial charge in [0.05, 0.1) is 5.56 Å². The van der Waals surface area contributed by atoms with Crippen LogP contribution in [0.3, 0.4) is 0 Å². The fraction of sp³-hybridized carbons (Fsp3) is 0.133. The molecule has 0 saturated carbocycles. The summed E-state index contributed by atoms with van der Waals surface area (Å²) in [5, 5.41) is 12.3. The highest BCUT2D eigenvalue weighted by Gasteiger charge is 2.04. The fourth-order valence-electron chi connectivity index (χ4n) is 1.81. The van der Waals surface area contributed by atoms with Gasteiger partial charge in [-0.3, -0.25) is 0 Å². The number of anilines is 1. The zero-order chi connectivity index (χ0) is 13.8. The first-order valence-corrected chi connectivity index (χ1v) is 6.68. The van der Waals surface area contributed by atoms with Crippen LogP contribution >= 0.6 is 15.9 Å². The fourth-order valence-corrected chi connectivity index (χ4v) is 2.18. The van der Waals surface area contributed by atoms with Crippen molar-refractivity contribution >= 4 is 27.6 Å². The van der Waals surface area contributed by atoms with Gasteiger partial charge in [-0.25, -0.2) is 4.79 Å². The number of carboxylic acid groups (broad SMARTS) is 1. The second kappa shape index (κ2) is 5.89. The number of hydrogen-bond acceptors (Lipinski definition) is 2. The summed E-state index contributed by atoms with van der Waals surface area (Å²) in [6.07, 6.45) is 0. The van der Waals surface area contributed by atoms with Crippen LogP contribution in [-0.4, -0.2) is 11.1 Å². The minimum Gasteiger partial charge on any atom is -0.478 e. The van der Waals surface area contributed by atoms with E-state index in [1.807, 2.05) is 31.2 Å². The molecule has 2 rings (SSSR count). The maximum atomic E-state index is 10.9. The summed E-state index contributed by atoms with van der Waals surface area (Å²) >= 11 is 3.49. The number of rotatable bonds is 4. The molecule has 0 aliphatic carbocycles. The summed E-state index contributed by atoms with van der Waals surface area (Å²) in [5.41, 5.74) is 3.43. The molecule has 0 aromatic heterocycles. The highest BCUT2D eigenvalue weighted by Crippen LogP contribution is 2.23. The van der Waals surface area contributed by atoms with Gasteiger partial charge in [0, 0.05) is 16.7 Å². The van der Waals surface area contributed by atoms with Crippen LogP contribution in [0.1, 0.15) is 21.5 Å². The van der Waals surface area contributed by atoms with E-state index in [4.69, 9.17) is 5.11 Å². The Hall–Kier alpha value is -1.81. The first-order chi connectivity index (χ1) is 9.08. The Morgan fingerprint density at radius 3 is 2.74 bits per heavy atom. The minimum atomic E-state index is -0.902. The van der Waals surface area contributed by atoms with Crippen molar-refractivity contribution in [3.05, 3.63) is 63.6 Å². The molecule has 0 aliphatic heterocycles. The summed E-state index contributed by atoms with van der Waals surface area (Å²) in [7, 11) is 0. The topological polar surface area (TPSA) is 49.3 Å². The summed E-state index contributed by atoms with van der Waals surface area (Å²) in [6.45, 7) is 2.62. The monoisotopic (exact) mass is 319 g/mol. The van der Waals surface area contributed by atoms with Crippen molar-refractivity contribution in [2.24, 2.45) is 0 Å². The van der Waals surface area contributed by atoms with Gasteiger partial charge in [0.15, 0.2) is 0 Å². The van der Waals surface area contributed by atoms with Crippen LogP contribution in [0, 0.1) is 6.92 Å². The van der Waals surface area contributed by atoms with E-state index in [1.165, 1.54) is 0 Å². The third kappa shape index (κ3) is 3.35. The molecule has 0 bridgehead atoms. The number of nitrogens with one attached hydrogen (secondary N) is 1. The molecule has 0 spiro atoms. The van der Waals surface area contributed by atoms with E-state index in [-0.39, 0.29) is 0 Å². The molecular weight excluding hydrogens is 306 g/mol. The summed E-state index contributed by atoms with van der Waals surface area (Å²) in [5.74, 6) is -0.902. The molecule has 0 radical (unpaired) electrons. The number of carbonyl (C=O) groups is 1. The molecule has 19 heavy (non-hydrogen) atoms. The van der Waals surface area contributed by atoms with Crippen molar-refractivity contribution in [1.29, 1.82) is 0 Å². The molecule has 2 aromatic rings. The van der Waals surface area contributed by atoms with Gasteiger partial charge >= 0.3 is 5.97 Å². The SMILES string of the molecule is Cc1c(Br)cccc1NCc1cccc(C(=O)O)c1. The van der Waals surface area contributed by atoms with E-state index < -0.39 is 5.97 Å². The molecule has 2 aromatic carbocycles. The lowest BCUT2D eigenvalue weighted by atomic mass is 10.1. The highest BCUT2D eigenvalue weighted by atomic mass is 79.9. The maximum Gasteiger partial charge on any atom is 0.335 e. The normalized spacial score (nSPS) is 10.2. The number of benzene rings is 2. The first kappa shape index (κ1) is 13.6. The second-order valence-corrected chi connectivity index (χ2v) is 5.13. The van der Waals surface area contributed by atoms with Crippen molar-refractivity contribution < 1.29 is 9.90 Å². The molecule has 0 heterocycles. The van der Waals surface area contributed by atoms with Gasteiger partial charge in [0.1, 0.15) is 0 Å². The van der Waals surface area contributed by atoms with E-state index in [0.29, 0.717) is 12.1 Å². The van der Waals surface area contributed by atoms with E-state index in [0.717, 1.165) is 21.3 Å². The molecule has 4 heteroatoms. The van der Waals surface area contributed by atoms with Crippen molar-refractivity contribution in [2.45, 2.75) is 13.5 Å². The van der Waals surface area contributed by atoms with E-state index >= 15 is 0 Å². The third-order valence-corrected chi connectivity index (χ3v) is 3.78. The molecule has 98 valence electrons. The average Bonchev–Trinajstić information content (AvgIpc) is 2.41. The molecule has 2 N–H and O–H groups in total. The Morgan fingerprint density at radius 2 is 2.00 bits per heavy atom. The lowest BCUT2D eigenvalue weighted by molar-refractivity contribution is 0.0697. The zero-order valence-electron chi connectivity index (χ0n) is 10.5. The van der Waals surface area contributed by atoms with Crippen molar-refractivity contribution in [3.8, 4) is 0 Å². The van der Waals surface area contributed by atoms with Crippen LogP contribution in [-0.2, 0) is 6.54 Å². The van der Waals surface area contributed by atoms with Crippen LogP contribution in [0.15, 0.2) is 46.9 Å². The standard InChI is InChI=1S/C15H14BrNO2/c1-10-13(16)6-3-7-14(10)17-9-11-4-2-5-12(8-11)15(18)19/h2-8,17H,9H2,1H3,(H,18,19). The summed E-state index contributed by atoms with van der Waals surface area (Å²) in [4.78, 5) is 10.9. The van der Waals surface area contributed by atoms with Crippen molar-refractivity contribution in [3.63, 3.8) is 0 Å². The van der Waals surface area contributed by atoms with E-state index in [2.05, 4.69) is 21.2 Å². The molecule has 0 aliphatic rings. The predicted molar refractivity (Wildman–Crippen MR) is 79.6 cm³/mol. The third-order valence-electron chi connectivity index (χ3n) is 2.92. The van der Waals surface area contributed by atoms with Crippen LogP contribution < -0.4 is 5.32 Å². The molecule has 3 nitrogen and oxygen atoms in total. The Balaban J connectivity index is 2.12. The van der Waals surface area contributed by atoms with Gasteiger partial charge in [-0.2, -0.15) is 0 Å². The van der Waals surface area contributed by atoms with Crippen molar-refractivity contribution in [1.82, 2.24) is 0 Å². The van der Waals surface area contributed by atoms with E-state index in [9.17, 15) is 4.79 Å². The van der Waals surface area contributed by atoms with Gasteiger partial charge in [0.2, 0.25) is 0 Å². The Morgan fingerprint density at radius 1 is 1.26 bits per heavy atom. The lowest BCUT2D eigenvalue weighted by Crippen LogP contribution is -2.03. The number of carboxylic acids is 1. The quantitative estimate of drug-likeness (QED) is 0.893. The number of aromatic carboxylic acids is 1. The number of hydrogen-bond donors (Lipinski definition) is 2. The Kier molecular flexibility index (Phi) is 4.22. The minimum absolute atomic E-state index is 0.310. The maximum absolute atomic E-state index is 10.9. The van der Waals surface area contributed by atoms with Crippen LogP contribution in [0.4, 0.5) is 5.69 Å². The summed E-state index contributed by atoms with van der Waals surface area (Å²) in [6, 6.07) is 12.9. The summed E-state index contributed by atoms with van der Waals surface area (Å²) < 4.78 is 1.05. The molecular formula is C15H14BrNO2. The number of halogens is 1. The molecule has 0 amide bonds. The Bertz CT molecular complexity index is 611. The highest BCUT2D eigenvalue weighted by molar-refractivity contribution is 9.10. The van der Waals surface area contributed by atoms with Crippen LogP contribution in [0.25, 0.3) is 0 Å². The molecule has 0 saturated heterocycles. The molecule has 0 fully saturated rings. The zero-order valence-corrected chi connectivity index (χ0v) is 12.1.